The molecule has 2 heteroatoms. The van der Waals surface area contributed by atoms with Crippen LogP contribution >= 0.6 is 0 Å². The molecular weight excluding hydrogens is 248 g/mol. The number of hydrogen-bond donors (Lipinski definition) is 0. The molecule has 0 amide bonds. The van der Waals surface area contributed by atoms with Gasteiger partial charge in [0.25, 0.3) is 0 Å². The third-order valence-corrected chi connectivity index (χ3v) is 4.38. The fourth-order valence-electron chi connectivity index (χ4n) is 3.41. The molecular formula is C18H16O2. The number of hydrogen-bond acceptors (Lipinski definition) is 2. The van der Waals surface area contributed by atoms with Crippen molar-refractivity contribution in [3.63, 3.8) is 0 Å². The van der Waals surface area contributed by atoms with E-state index in [2.05, 4.69) is 12.1 Å². The number of cyclic esters (lactones) is 1. The van der Waals surface area contributed by atoms with Gasteiger partial charge in [-0.1, -0.05) is 42.5 Å². The Balaban J connectivity index is 1.86. The van der Waals surface area contributed by atoms with Crippen LogP contribution in [0.4, 0.5) is 0 Å². The Labute approximate surface area is 118 Å². The quantitative estimate of drug-likeness (QED) is 0.732. The smallest absolute Gasteiger partial charge is 0.339 e. The lowest BCUT2D eigenvalue weighted by Crippen LogP contribution is -2.09. The zero-order chi connectivity index (χ0) is 13.5. The molecule has 1 unspecified atom stereocenters. The fourth-order valence-corrected chi connectivity index (χ4v) is 3.41. The number of esters is 1. The summed E-state index contributed by atoms with van der Waals surface area (Å²) in [5, 5.41) is 0. The average Bonchev–Trinajstić information content (AvgIpc) is 2.86. The molecule has 2 aliphatic rings. The molecule has 0 N–H and O–H groups in total. The Morgan fingerprint density at radius 1 is 0.950 bits per heavy atom. The standard InChI is InChI=1S/C18H16O2/c19-18-16-14-9-5-4-6-12(14)10-11-15(16)17(20-18)13-7-2-1-3-8-13/h1-3,7-8,10-11,17H,4-6,9H2. The Morgan fingerprint density at radius 3 is 2.60 bits per heavy atom. The first-order chi connectivity index (χ1) is 9.84. The van der Waals surface area contributed by atoms with E-state index in [1.165, 1.54) is 24.0 Å². The van der Waals surface area contributed by atoms with Crippen molar-refractivity contribution in [3.05, 3.63) is 70.3 Å². The van der Waals surface area contributed by atoms with Gasteiger partial charge in [-0.2, -0.15) is 0 Å². The summed E-state index contributed by atoms with van der Waals surface area (Å²) < 4.78 is 5.64. The molecule has 0 fully saturated rings. The number of benzene rings is 2. The van der Waals surface area contributed by atoms with Crippen LogP contribution in [-0.4, -0.2) is 5.97 Å². The SMILES string of the molecule is O=C1OC(c2ccccc2)c2ccc3c(c21)CCCC3. The summed E-state index contributed by atoms with van der Waals surface area (Å²) in [5.74, 6) is -0.146. The second-order valence-electron chi connectivity index (χ2n) is 5.57. The lowest BCUT2D eigenvalue weighted by molar-refractivity contribution is 0.0455. The first-order valence-electron chi connectivity index (χ1n) is 7.25. The van der Waals surface area contributed by atoms with Gasteiger partial charge < -0.3 is 4.74 Å². The lowest BCUT2D eigenvalue weighted by Gasteiger charge is -2.18. The molecule has 4 rings (SSSR count). The van der Waals surface area contributed by atoms with E-state index in [-0.39, 0.29) is 12.1 Å². The van der Waals surface area contributed by atoms with Crippen LogP contribution in [0.2, 0.25) is 0 Å². The maximum Gasteiger partial charge on any atom is 0.339 e. The van der Waals surface area contributed by atoms with E-state index in [0.717, 1.165) is 29.5 Å². The largest absolute Gasteiger partial charge is 0.449 e. The number of ether oxygens (including phenoxy) is 1. The van der Waals surface area contributed by atoms with E-state index in [1.54, 1.807) is 0 Å². The number of fused-ring (bicyclic) bond motifs is 3. The van der Waals surface area contributed by atoms with E-state index >= 15 is 0 Å². The molecule has 2 aromatic carbocycles. The Kier molecular flexibility index (Phi) is 2.62. The Hall–Kier alpha value is -2.09. The minimum absolute atomic E-state index is 0.146. The van der Waals surface area contributed by atoms with Crippen LogP contribution in [0.3, 0.4) is 0 Å². The summed E-state index contributed by atoms with van der Waals surface area (Å²) >= 11 is 0. The highest BCUT2D eigenvalue weighted by atomic mass is 16.5. The number of rotatable bonds is 1. The van der Waals surface area contributed by atoms with Gasteiger partial charge in [-0.05, 0) is 42.4 Å². The molecule has 0 bridgehead atoms. The highest BCUT2D eigenvalue weighted by Crippen LogP contribution is 2.40. The molecule has 0 aromatic heterocycles. The molecule has 1 heterocycles. The predicted octanol–water partition coefficient (Wildman–Crippen LogP) is 3.83. The summed E-state index contributed by atoms with van der Waals surface area (Å²) in [7, 11) is 0. The van der Waals surface area contributed by atoms with Crippen molar-refractivity contribution in [1.29, 1.82) is 0 Å². The Bertz CT molecular complexity index is 673. The molecule has 100 valence electrons. The van der Waals surface area contributed by atoms with Gasteiger partial charge >= 0.3 is 5.97 Å². The second kappa shape index (κ2) is 4.48. The van der Waals surface area contributed by atoms with Crippen molar-refractivity contribution in [3.8, 4) is 0 Å². The fraction of sp³-hybridized carbons (Fsp3) is 0.278. The highest BCUT2D eigenvalue weighted by Gasteiger charge is 2.35. The predicted molar refractivity (Wildman–Crippen MR) is 76.8 cm³/mol. The molecule has 2 nitrogen and oxygen atoms in total. The summed E-state index contributed by atoms with van der Waals surface area (Å²) in [6.07, 6.45) is 4.27. The van der Waals surface area contributed by atoms with E-state index in [4.69, 9.17) is 4.74 Å². The first-order valence-corrected chi connectivity index (χ1v) is 7.25. The van der Waals surface area contributed by atoms with Crippen molar-refractivity contribution >= 4 is 5.97 Å². The number of aryl methyl sites for hydroxylation is 1. The monoisotopic (exact) mass is 264 g/mol. The molecule has 0 saturated heterocycles. The van der Waals surface area contributed by atoms with Crippen LogP contribution < -0.4 is 0 Å². The van der Waals surface area contributed by atoms with Crippen molar-refractivity contribution in [2.75, 3.05) is 0 Å². The molecule has 20 heavy (non-hydrogen) atoms. The third-order valence-electron chi connectivity index (χ3n) is 4.38. The Morgan fingerprint density at radius 2 is 1.75 bits per heavy atom. The lowest BCUT2D eigenvalue weighted by atomic mass is 9.85. The number of carbonyl (C=O) groups excluding carboxylic acids is 1. The second-order valence-corrected chi connectivity index (χ2v) is 5.57. The van der Waals surface area contributed by atoms with Crippen LogP contribution in [0, 0.1) is 0 Å². The normalized spacial score (nSPS) is 20.2. The van der Waals surface area contributed by atoms with Gasteiger partial charge in [0.05, 0.1) is 5.56 Å². The van der Waals surface area contributed by atoms with E-state index in [9.17, 15) is 4.79 Å². The molecule has 0 spiro atoms. The highest BCUT2D eigenvalue weighted by molar-refractivity contribution is 5.96. The van der Waals surface area contributed by atoms with Gasteiger partial charge in [-0.3, -0.25) is 0 Å². The molecule has 0 saturated carbocycles. The minimum Gasteiger partial charge on any atom is -0.449 e. The van der Waals surface area contributed by atoms with Gasteiger partial charge in [-0.25, -0.2) is 4.79 Å². The van der Waals surface area contributed by atoms with Crippen molar-refractivity contribution in [2.24, 2.45) is 0 Å². The minimum atomic E-state index is -0.231. The summed E-state index contributed by atoms with van der Waals surface area (Å²) in [4.78, 5) is 12.3. The molecule has 2 aromatic rings. The van der Waals surface area contributed by atoms with E-state index in [0.29, 0.717) is 0 Å². The summed E-state index contributed by atoms with van der Waals surface area (Å²) in [5.41, 5.74) is 5.51. The van der Waals surface area contributed by atoms with Crippen LogP contribution in [0.15, 0.2) is 42.5 Å². The molecule has 1 aliphatic heterocycles. The van der Waals surface area contributed by atoms with Gasteiger partial charge in [-0.15, -0.1) is 0 Å². The summed E-state index contributed by atoms with van der Waals surface area (Å²) in [6, 6.07) is 14.3. The topological polar surface area (TPSA) is 26.3 Å². The van der Waals surface area contributed by atoms with E-state index in [1.807, 2.05) is 30.3 Å². The molecule has 0 radical (unpaired) electrons. The van der Waals surface area contributed by atoms with Crippen molar-refractivity contribution in [1.82, 2.24) is 0 Å². The first kappa shape index (κ1) is 11.7. The maximum absolute atomic E-state index is 12.3. The van der Waals surface area contributed by atoms with Crippen LogP contribution in [0.5, 0.6) is 0 Å². The summed E-state index contributed by atoms with van der Waals surface area (Å²) in [6.45, 7) is 0. The number of carbonyl (C=O) groups is 1. The maximum atomic E-state index is 12.3. The van der Waals surface area contributed by atoms with E-state index < -0.39 is 0 Å². The average molecular weight is 264 g/mol. The van der Waals surface area contributed by atoms with Crippen molar-refractivity contribution in [2.45, 2.75) is 31.8 Å². The zero-order valence-electron chi connectivity index (χ0n) is 11.3. The van der Waals surface area contributed by atoms with Crippen LogP contribution in [0.25, 0.3) is 0 Å². The van der Waals surface area contributed by atoms with Gasteiger partial charge in [0.1, 0.15) is 0 Å². The van der Waals surface area contributed by atoms with Gasteiger partial charge in [0.2, 0.25) is 0 Å². The van der Waals surface area contributed by atoms with Crippen molar-refractivity contribution < 1.29 is 9.53 Å². The van der Waals surface area contributed by atoms with Gasteiger partial charge in [0, 0.05) is 5.56 Å². The van der Waals surface area contributed by atoms with Crippen LogP contribution in [0.1, 0.15) is 51.6 Å². The zero-order valence-corrected chi connectivity index (χ0v) is 11.3. The van der Waals surface area contributed by atoms with Crippen LogP contribution in [-0.2, 0) is 17.6 Å². The molecule has 1 aliphatic carbocycles. The third kappa shape index (κ3) is 1.68. The molecule has 1 atom stereocenters. The van der Waals surface area contributed by atoms with Gasteiger partial charge in [0.15, 0.2) is 6.10 Å².